The maximum atomic E-state index is 14.1. The van der Waals surface area contributed by atoms with Gasteiger partial charge in [0.2, 0.25) is 6.17 Å². The van der Waals surface area contributed by atoms with Gasteiger partial charge in [0.1, 0.15) is 5.52 Å². The molecule has 0 saturated heterocycles. The van der Waals surface area contributed by atoms with Gasteiger partial charge in [0, 0.05) is 17.7 Å². The SMILES string of the molecule is Cc1nc(N)c2nc(C(F)C(F)F)n(CC(C)(CO)CO)c2c1C. The number of hydrogen-bond donors (Lipinski definition) is 3. The van der Waals surface area contributed by atoms with Gasteiger partial charge in [0.05, 0.1) is 18.7 Å². The molecule has 0 aliphatic rings. The number of aromatic nitrogens is 3. The van der Waals surface area contributed by atoms with Crippen molar-refractivity contribution in [1.82, 2.24) is 14.5 Å². The molecular weight excluding hydrogens is 325 g/mol. The maximum Gasteiger partial charge on any atom is 0.276 e. The van der Waals surface area contributed by atoms with E-state index in [9.17, 15) is 23.4 Å². The molecule has 2 aromatic rings. The minimum absolute atomic E-state index is 0.0178. The van der Waals surface area contributed by atoms with E-state index in [2.05, 4.69) is 9.97 Å². The number of anilines is 1. The third kappa shape index (κ3) is 3.05. The maximum absolute atomic E-state index is 14.1. The van der Waals surface area contributed by atoms with E-state index in [1.807, 2.05) is 0 Å². The molecule has 0 bridgehead atoms. The second kappa shape index (κ2) is 6.56. The van der Waals surface area contributed by atoms with Crippen molar-refractivity contribution >= 4 is 16.9 Å². The Morgan fingerprint density at radius 2 is 1.75 bits per heavy atom. The average molecular weight is 346 g/mol. The van der Waals surface area contributed by atoms with Gasteiger partial charge in [-0.25, -0.2) is 23.1 Å². The summed E-state index contributed by atoms with van der Waals surface area (Å²) in [4.78, 5) is 8.04. The monoisotopic (exact) mass is 346 g/mol. The Morgan fingerprint density at radius 3 is 2.25 bits per heavy atom. The predicted octanol–water partition coefficient (Wildman–Crippen LogP) is 1.90. The molecule has 4 N–H and O–H groups in total. The van der Waals surface area contributed by atoms with Gasteiger partial charge < -0.3 is 20.5 Å². The number of hydrogen-bond acceptors (Lipinski definition) is 5. The lowest BCUT2D eigenvalue weighted by atomic mass is 9.92. The molecule has 0 radical (unpaired) electrons. The van der Waals surface area contributed by atoms with Crippen molar-refractivity contribution in [2.75, 3.05) is 18.9 Å². The first kappa shape index (κ1) is 18.5. The van der Waals surface area contributed by atoms with E-state index >= 15 is 0 Å². The molecule has 0 fully saturated rings. The van der Waals surface area contributed by atoms with Gasteiger partial charge in [-0.3, -0.25) is 0 Å². The van der Waals surface area contributed by atoms with Gasteiger partial charge in [-0.15, -0.1) is 0 Å². The molecule has 0 amide bonds. The van der Waals surface area contributed by atoms with Gasteiger partial charge in [0.15, 0.2) is 11.6 Å². The number of nitrogen functional groups attached to an aromatic ring is 1. The van der Waals surface area contributed by atoms with Crippen LogP contribution in [-0.4, -0.2) is 44.4 Å². The number of rotatable bonds is 6. The van der Waals surface area contributed by atoms with E-state index < -0.39 is 37.1 Å². The molecule has 6 nitrogen and oxygen atoms in total. The lowest BCUT2D eigenvalue weighted by Gasteiger charge is -2.27. The first-order valence-electron chi connectivity index (χ1n) is 7.42. The summed E-state index contributed by atoms with van der Waals surface area (Å²) in [6.45, 7) is 4.05. The Hall–Kier alpha value is -1.87. The molecule has 0 aromatic carbocycles. The van der Waals surface area contributed by atoms with E-state index in [-0.39, 0.29) is 17.9 Å². The highest BCUT2D eigenvalue weighted by Crippen LogP contribution is 2.34. The molecule has 9 heteroatoms. The van der Waals surface area contributed by atoms with Crippen LogP contribution in [0.15, 0.2) is 0 Å². The summed E-state index contributed by atoms with van der Waals surface area (Å²) >= 11 is 0. The number of aliphatic hydroxyl groups is 2. The number of fused-ring (bicyclic) bond motifs is 1. The zero-order chi connectivity index (χ0) is 18.2. The number of imidazole rings is 1. The summed E-state index contributed by atoms with van der Waals surface area (Å²) in [5, 5.41) is 19.0. The Morgan fingerprint density at radius 1 is 1.17 bits per heavy atom. The normalized spacial score (nSPS) is 13.9. The fourth-order valence-corrected chi connectivity index (χ4v) is 2.53. The molecule has 1 unspecified atom stereocenters. The number of pyridine rings is 1. The Kier molecular flexibility index (Phi) is 5.05. The fourth-order valence-electron chi connectivity index (χ4n) is 2.53. The summed E-state index contributed by atoms with van der Waals surface area (Å²) in [6.07, 6.45) is -5.87. The molecule has 24 heavy (non-hydrogen) atoms. The van der Waals surface area contributed by atoms with E-state index in [4.69, 9.17) is 5.73 Å². The molecule has 2 aromatic heterocycles. The van der Waals surface area contributed by atoms with Gasteiger partial charge in [-0.05, 0) is 19.4 Å². The van der Waals surface area contributed by atoms with Crippen molar-refractivity contribution in [1.29, 1.82) is 0 Å². The first-order chi connectivity index (χ1) is 11.1. The molecule has 134 valence electrons. The number of aliphatic hydroxyl groups excluding tert-OH is 2. The minimum atomic E-state index is -3.26. The topological polar surface area (TPSA) is 97.2 Å². The van der Waals surface area contributed by atoms with Crippen LogP contribution in [0.2, 0.25) is 0 Å². The van der Waals surface area contributed by atoms with Crippen molar-refractivity contribution in [2.45, 2.75) is 39.9 Å². The zero-order valence-corrected chi connectivity index (χ0v) is 13.7. The zero-order valence-electron chi connectivity index (χ0n) is 13.7. The van der Waals surface area contributed by atoms with E-state index in [0.717, 1.165) is 0 Å². The van der Waals surface area contributed by atoms with Gasteiger partial charge in [-0.1, -0.05) is 6.92 Å². The van der Waals surface area contributed by atoms with Crippen LogP contribution in [0.1, 0.15) is 30.2 Å². The Balaban J connectivity index is 2.79. The van der Waals surface area contributed by atoms with E-state index in [1.54, 1.807) is 20.8 Å². The number of nitrogens with two attached hydrogens (primary N) is 1. The van der Waals surface area contributed by atoms with Crippen LogP contribution in [-0.2, 0) is 6.54 Å². The molecule has 0 saturated carbocycles. The third-order valence-electron chi connectivity index (χ3n) is 4.20. The number of nitrogens with zero attached hydrogens (tertiary/aromatic N) is 3. The van der Waals surface area contributed by atoms with Crippen LogP contribution in [0.4, 0.5) is 19.0 Å². The average Bonchev–Trinajstić information content (AvgIpc) is 2.91. The van der Waals surface area contributed by atoms with Gasteiger partial charge >= 0.3 is 0 Å². The molecule has 0 aliphatic heterocycles. The summed E-state index contributed by atoms with van der Waals surface area (Å²) in [7, 11) is 0. The fraction of sp³-hybridized carbons (Fsp3) is 0.600. The number of aryl methyl sites for hydroxylation is 2. The van der Waals surface area contributed by atoms with Crippen LogP contribution >= 0.6 is 0 Å². The van der Waals surface area contributed by atoms with Gasteiger partial charge in [0.25, 0.3) is 6.43 Å². The molecule has 1 atom stereocenters. The van der Waals surface area contributed by atoms with Crippen molar-refractivity contribution in [3.05, 3.63) is 17.1 Å². The third-order valence-corrected chi connectivity index (χ3v) is 4.20. The summed E-state index contributed by atoms with van der Waals surface area (Å²) in [5.41, 5.74) is 6.48. The molecule has 0 aliphatic carbocycles. The number of halogens is 3. The summed E-state index contributed by atoms with van der Waals surface area (Å²) in [5.74, 6) is -0.473. The molecular formula is C15H21F3N4O2. The smallest absolute Gasteiger partial charge is 0.276 e. The lowest BCUT2D eigenvalue weighted by molar-refractivity contribution is 0.0340. The molecule has 0 spiro atoms. The second-order valence-corrected chi connectivity index (χ2v) is 6.32. The number of alkyl halides is 3. The molecule has 2 heterocycles. The Bertz CT molecular complexity index is 744. The van der Waals surface area contributed by atoms with Crippen molar-refractivity contribution in [3.63, 3.8) is 0 Å². The van der Waals surface area contributed by atoms with Crippen molar-refractivity contribution in [3.8, 4) is 0 Å². The van der Waals surface area contributed by atoms with Crippen molar-refractivity contribution in [2.24, 2.45) is 5.41 Å². The Labute approximate surface area is 137 Å². The van der Waals surface area contributed by atoms with Gasteiger partial charge in [-0.2, -0.15) is 0 Å². The van der Waals surface area contributed by atoms with E-state index in [0.29, 0.717) is 16.8 Å². The highest BCUT2D eigenvalue weighted by Gasteiger charge is 2.33. The second-order valence-electron chi connectivity index (χ2n) is 6.32. The first-order valence-corrected chi connectivity index (χ1v) is 7.42. The van der Waals surface area contributed by atoms with Crippen LogP contribution < -0.4 is 5.73 Å². The van der Waals surface area contributed by atoms with Crippen LogP contribution in [0.3, 0.4) is 0 Å². The largest absolute Gasteiger partial charge is 0.396 e. The predicted molar refractivity (Wildman–Crippen MR) is 83.5 cm³/mol. The quantitative estimate of drug-likeness (QED) is 0.742. The lowest BCUT2D eigenvalue weighted by Crippen LogP contribution is -2.32. The summed E-state index contributed by atoms with van der Waals surface area (Å²) < 4.78 is 41.2. The summed E-state index contributed by atoms with van der Waals surface area (Å²) in [6, 6.07) is 0. The minimum Gasteiger partial charge on any atom is -0.396 e. The van der Waals surface area contributed by atoms with Crippen LogP contribution in [0, 0.1) is 19.3 Å². The van der Waals surface area contributed by atoms with Crippen LogP contribution in [0.25, 0.3) is 11.0 Å². The molecule has 2 rings (SSSR count). The van der Waals surface area contributed by atoms with E-state index in [1.165, 1.54) is 4.57 Å². The standard InChI is InChI=1S/C15H21F3N4O2/c1-7-8(2)20-13(19)10-11(7)22(4-15(3,5-23)6-24)14(21-10)9(16)12(17)18/h9,12,23-24H,4-6H2,1-3H3,(H2,19,20). The highest BCUT2D eigenvalue weighted by molar-refractivity contribution is 5.88. The van der Waals surface area contributed by atoms with Crippen LogP contribution in [0.5, 0.6) is 0 Å². The highest BCUT2D eigenvalue weighted by atomic mass is 19.3. The van der Waals surface area contributed by atoms with Crippen molar-refractivity contribution < 1.29 is 23.4 Å².